The Morgan fingerprint density at radius 2 is 1.95 bits per heavy atom. The second-order valence-corrected chi connectivity index (χ2v) is 6.32. The van der Waals surface area contributed by atoms with Crippen LogP contribution in [0, 0.1) is 5.41 Å². The van der Waals surface area contributed by atoms with Gasteiger partial charge in [-0.1, -0.05) is 43.7 Å². The van der Waals surface area contributed by atoms with Gasteiger partial charge in [0.2, 0.25) is 5.91 Å². The molecule has 0 heterocycles. The lowest BCUT2D eigenvalue weighted by Gasteiger charge is -2.22. The van der Waals surface area contributed by atoms with Gasteiger partial charge in [-0.2, -0.15) is 0 Å². The minimum atomic E-state index is -0.818. The van der Waals surface area contributed by atoms with Gasteiger partial charge in [-0.25, -0.2) is 0 Å². The summed E-state index contributed by atoms with van der Waals surface area (Å²) in [4.78, 5) is 23.3. The number of hydrogen-bond acceptors (Lipinski definition) is 2. The summed E-state index contributed by atoms with van der Waals surface area (Å²) in [6.07, 6.45) is 5.09. The summed E-state index contributed by atoms with van der Waals surface area (Å²) in [7, 11) is 0. The molecule has 0 spiro atoms. The van der Waals surface area contributed by atoms with Crippen LogP contribution in [0.25, 0.3) is 0 Å². The molecule has 4 nitrogen and oxygen atoms in total. The van der Waals surface area contributed by atoms with E-state index in [1.54, 1.807) is 0 Å². The number of carbonyl (C=O) groups is 2. The lowest BCUT2D eigenvalue weighted by molar-refractivity contribution is -0.137. The molecule has 1 atom stereocenters. The summed E-state index contributed by atoms with van der Waals surface area (Å²) in [6.45, 7) is 2.10. The number of benzene rings is 1. The van der Waals surface area contributed by atoms with Gasteiger partial charge >= 0.3 is 5.97 Å². The number of carboxylic acid groups (broad SMARTS) is 1. The molecule has 1 saturated carbocycles. The highest BCUT2D eigenvalue weighted by atomic mass is 16.4. The molecule has 1 aliphatic carbocycles. The fourth-order valence-electron chi connectivity index (χ4n) is 2.98. The van der Waals surface area contributed by atoms with E-state index in [9.17, 15) is 9.59 Å². The molecule has 0 saturated heterocycles. The number of rotatable bonds is 9. The van der Waals surface area contributed by atoms with Gasteiger partial charge in [-0.05, 0) is 37.7 Å². The van der Waals surface area contributed by atoms with Crippen molar-refractivity contribution >= 4 is 11.9 Å². The van der Waals surface area contributed by atoms with E-state index in [4.69, 9.17) is 5.11 Å². The van der Waals surface area contributed by atoms with Crippen LogP contribution in [0.5, 0.6) is 0 Å². The maximum Gasteiger partial charge on any atom is 0.303 e. The van der Waals surface area contributed by atoms with Gasteiger partial charge in [-0.3, -0.25) is 9.59 Å². The van der Waals surface area contributed by atoms with Gasteiger partial charge in [0.1, 0.15) is 0 Å². The summed E-state index contributed by atoms with van der Waals surface area (Å²) in [6, 6.07) is 9.79. The molecule has 1 aromatic rings. The van der Waals surface area contributed by atoms with Crippen LogP contribution in [-0.4, -0.2) is 23.0 Å². The first-order valence-corrected chi connectivity index (χ1v) is 8.12. The van der Waals surface area contributed by atoms with Crippen molar-refractivity contribution in [1.82, 2.24) is 5.32 Å². The first-order valence-electron chi connectivity index (χ1n) is 8.12. The van der Waals surface area contributed by atoms with E-state index in [2.05, 4.69) is 12.2 Å². The minimum Gasteiger partial charge on any atom is -0.481 e. The van der Waals surface area contributed by atoms with Crippen LogP contribution in [0.2, 0.25) is 0 Å². The molecule has 1 fully saturated rings. The Hall–Kier alpha value is -1.84. The first-order chi connectivity index (χ1) is 10.6. The molecule has 2 N–H and O–H groups in total. The fraction of sp³-hybridized carbons (Fsp3) is 0.556. The smallest absolute Gasteiger partial charge is 0.303 e. The second kappa shape index (κ2) is 7.43. The summed E-state index contributed by atoms with van der Waals surface area (Å²) < 4.78 is 0. The van der Waals surface area contributed by atoms with Crippen molar-refractivity contribution in [2.75, 3.05) is 0 Å². The highest BCUT2D eigenvalue weighted by Gasteiger charge is 2.48. The third-order valence-electron chi connectivity index (χ3n) is 4.43. The molecule has 1 aromatic carbocycles. The van der Waals surface area contributed by atoms with Crippen LogP contribution in [-0.2, 0) is 16.0 Å². The van der Waals surface area contributed by atoms with E-state index in [-0.39, 0.29) is 23.8 Å². The van der Waals surface area contributed by atoms with Crippen LogP contribution in [0.4, 0.5) is 0 Å². The van der Waals surface area contributed by atoms with E-state index in [0.29, 0.717) is 12.8 Å². The molecule has 1 amide bonds. The monoisotopic (exact) mass is 303 g/mol. The molecule has 1 aliphatic rings. The SMILES string of the molecule is CCCC1(C(=O)NC(CCC(=O)O)Cc2ccccc2)CC1. The Labute approximate surface area is 131 Å². The molecule has 0 bridgehead atoms. The maximum absolute atomic E-state index is 12.5. The average Bonchev–Trinajstić information content (AvgIpc) is 3.27. The van der Waals surface area contributed by atoms with E-state index in [1.807, 2.05) is 30.3 Å². The molecule has 1 unspecified atom stereocenters. The van der Waals surface area contributed by atoms with E-state index in [1.165, 1.54) is 0 Å². The van der Waals surface area contributed by atoms with E-state index >= 15 is 0 Å². The van der Waals surface area contributed by atoms with Gasteiger partial charge in [0.25, 0.3) is 0 Å². The Morgan fingerprint density at radius 3 is 2.50 bits per heavy atom. The summed E-state index contributed by atoms with van der Waals surface area (Å²) >= 11 is 0. The van der Waals surface area contributed by atoms with Crippen LogP contribution in [0.1, 0.15) is 51.0 Å². The summed E-state index contributed by atoms with van der Waals surface area (Å²) in [5, 5.41) is 12.0. The highest BCUT2D eigenvalue weighted by molar-refractivity contribution is 5.85. The van der Waals surface area contributed by atoms with Crippen molar-refractivity contribution in [3.63, 3.8) is 0 Å². The molecule has 0 aromatic heterocycles. The van der Waals surface area contributed by atoms with Crippen LogP contribution in [0.15, 0.2) is 30.3 Å². The number of carbonyl (C=O) groups excluding carboxylic acids is 1. The maximum atomic E-state index is 12.5. The van der Waals surface area contributed by atoms with Crippen LogP contribution >= 0.6 is 0 Å². The second-order valence-electron chi connectivity index (χ2n) is 6.32. The normalized spacial score (nSPS) is 16.8. The fourth-order valence-corrected chi connectivity index (χ4v) is 2.98. The third-order valence-corrected chi connectivity index (χ3v) is 4.43. The quantitative estimate of drug-likeness (QED) is 0.736. The molecule has 4 heteroatoms. The highest BCUT2D eigenvalue weighted by Crippen LogP contribution is 2.49. The standard InChI is InChI=1S/C18H25NO3/c1-2-10-18(11-12-18)17(22)19-15(8-9-16(20)21)13-14-6-4-3-5-7-14/h3-7,15H,2,8-13H2,1H3,(H,19,22)(H,20,21). The molecule has 0 radical (unpaired) electrons. The van der Waals surface area contributed by atoms with Crippen LogP contribution < -0.4 is 5.32 Å². The number of aliphatic carboxylic acids is 1. The average molecular weight is 303 g/mol. The third kappa shape index (κ3) is 4.58. The van der Waals surface area contributed by atoms with Gasteiger partial charge < -0.3 is 10.4 Å². The van der Waals surface area contributed by atoms with Gasteiger partial charge in [0, 0.05) is 17.9 Å². The van der Waals surface area contributed by atoms with Crippen molar-refractivity contribution in [3.8, 4) is 0 Å². The molecule has 0 aliphatic heterocycles. The van der Waals surface area contributed by atoms with Crippen molar-refractivity contribution in [2.45, 2.75) is 57.9 Å². The van der Waals surface area contributed by atoms with Crippen molar-refractivity contribution < 1.29 is 14.7 Å². The molecule has 120 valence electrons. The molecular weight excluding hydrogens is 278 g/mol. The Balaban J connectivity index is 1.98. The van der Waals surface area contributed by atoms with Gasteiger partial charge in [0.05, 0.1) is 0 Å². The van der Waals surface area contributed by atoms with E-state index in [0.717, 1.165) is 31.2 Å². The zero-order valence-electron chi connectivity index (χ0n) is 13.2. The molecule has 2 rings (SSSR count). The van der Waals surface area contributed by atoms with Gasteiger partial charge in [0.15, 0.2) is 0 Å². The molecule has 22 heavy (non-hydrogen) atoms. The van der Waals surface area contributed by atoms with Crippen molar-refractivity contribution in [3.05, 3.63) is 35.9 Å². The molecular formula is C18H25NO3. The number of nitrogens with one attached hydrogen (secondary N) is 1. The first kappa shape index (κ1) is 16.5. The number of amides is 1. The van der Waals surface area contributed by atoms with Gasteiger partial charge in [-0.15, -0.1) is 0 Å². The summed E-state index contributed by atoms with van der Waals surface area (Å²) in [5.74, 6) is -0.706. The zero-order valence-corrected chi connectivity index (χ0v) is 13.2. The largest absolute Gasteiger partial charge is 0.481 e. The van der Waals surface area contributed by atoms with Crippen molar-refractivity contribution in [1.29, 1.82) is 0 Å². The Bertz CT molecular complexity index is 508. The predicted molar refractivity (Wildman–Crippen MR) is 85.5 cm³/mol. The Kier molecular flexibility index (Phi) is 5.58. The van der Waals surface area contributed by atoms with Crippen molar-refractivity contribution in [2.24, 2.45) is 5.41 Å². The van der Waals surface area contributed by atoms with Crippen LogP contribution in [0.3, 0.4) is 0 Å². The summed E-state index contributed by atoms with van der Waals surface area (Å²) in [5.41, 5.74) is 0.950. The lowest BCUT2D eigenvalue weighted by Crippen LogP contribution is -2.41. The minimum absolute atomic E-state index is 0.0819. The zero-order chi connectivity index (χ0) is 16.0. The number of hydrogen-bond donors (Lipinski definition) is 2. The topological polar surface area (TPSA) is 66.4 Å². The lowest BCUT2D eigenvalue weighted by atomic mass is 9.96. The predicted octanol–water partition coefficient (Wildman–Crippen LogP) is 3.16. The van der Waals surface area contributed by atoms with E-state index < -0.39 is 5.97 Å². The Morgan fingerprint density at radius 1 is 1.27 bits per heavy atom. The number of carboxylic acids is 1.